The van der Waals surface area contributed by atoms with Gasteiger partial charge in [-0.3, -0.25) is 13.9 Å². The van der Waals surface area contributed by atoms with Crippen LogP contribution in [-0.2, 0) is 15.1 Å². The van der Waals surface area contributed by atoms with Crippen molar-refractivity contribution in [3.05, 3.63) is 111 Å². The highest BCUT2D eigenvalue weighted by Gasteiger charge is 2.53. The van der Waals surface area contributed by atoms with Gasteiger partial charge in [0.25, 0.3) is 0 Å². The van der Waals surface area contributed by atoms with Crippen molar-refractivity contribution in [3.8, 4) is 0 Å². The van der Waals surface area contributed by atoms with E-state index in [1.807, 2.05) is 16.8 Å². The van der Waals surface area contributed by atoms with E-state index in [0.29, 0.717) is 27.8 Å². The maximum Gasteiger partial charge on any atom is 0.248 e. The van der Waals surface area contributed by atoms with Crippen molar-refractivity contribution in [1.29, 1.82) is 0 Å². The summed E-state index contributed by atoms with van der Waals surface area (Å²) in [6.07, 6.45) is -0.0259. The van der Waals surface area contributed by atoms with Gasteiger partial charge in [-0.25, -0.2) is 9.37 Å². The predicted molar refractivity (Wildman–Crippen MR) is 139 cm³/mol. The summed E-state index contributed by atoms with van der Waals surface area (Å²) in [4.78, 5) is 32.0. The monoisotopic (exact) mass is 523 g/mol. The summed E-state index contributed by atoms with van der Waals surface area (Å²) < 4.78 is 14.6. The molecule has 1 aliphatic rings. The number of piperidine rings is 1. The molecule has 5 rings (SSSR count). The van der Waals surface area contributed by atoms with Gasteiger partial charge in [0, 0.05) is 17.1 Å². The molecule has 1 amide bonds. The number of thiol groups is 1. The number of nitrogens with one attached hydrogen (secondary N) is 1. The first-order valence-electron chi connectivity index (χ1n) is 10.7. The zero-order chi connectivity index (χ0) is 24.6. The number of hydrogen-bond donors (Lipinski definition) is 2. The van der Waals surface area contributed by atoms with Crippen LogP contribution in [0.2, 0.25) is 5.02 Å². The predicted octanol–water partition coefficient (Wildman–Crippen LogP) is 6.35. The molecule has 2 aromatic carbocycles. The van der Waals surface area contributed by atoms with Crippen LogP contribution >= 0.6 is 35.8 Å². The van der Waals surface area contributed by atoms with Gasteiger partial charge in [-0.2, -0.15) is 11.3 Å². The Morgan fingerprint density at radius 3 is 2.54 bits per heavy atom. The number of amides is 1. The van der Waals surface area contributed by atoms with Crippen molar-refractivity contribution < 1.29 is 14.0 Å². The fraction of sp³-hybridized carbons (Fsp3) is 0.115. The minimum absolute atomic E-state index is 0.0259. The lowest BCUT2D eigenvalue weighted by atomic mass is 9.75. The first-order chi connectivity index (χ1) is 16.9. The lowest BCUT2D eigenvalue weighted by Crippen LogP contribution is -2.54. The molecule has 3 heterocycles. The Morgan fingerprint density at radius 2 is 1.83 bits per heavy atom. The highest BCUT2D eigenvalue weighted by atomic mass is 35.5. The molecule has 5 nitrogen and oxygen atoms in total. The molecule has 2 unspecified atom stereocenters. The molecular weight excluding hydrogens is 505 g/mol. The Balaban J connectivity index is 1.58. The molecule has 9 heteroatoms. The molecule has 0 spiro atoms. The van der Waals surface area contributed by atoms with Crippen LogP contribution in [0, 0.1) is 5.82 Å². The lowest BCUT2D eigenvalue weighted by molar-refractivity contribution is -0.142. The summed E-state index contributed by atoms with van der Waals surface area (Å²) >= 11 is 12.5. The Morgan fingerprint density at radius 1 is 1.06 bits per heavy atom. The maximum atomic E-state index is 13.7. The fourth-order valence-electron chi connectivity index (χ4n) is 4.38. The third-order valence-corrected chi connectivity index (χ3v) is 7.64. The van der Waals surface area contributed by atoms with E-state index >= 15 is 0 Å². The van der Waals surface area contributed by atoms with Gasteiger partial charge in [0.05, 0.1) is 5.69 Å². The van der Waals surface area contributed by atoms with Crippen molar-refractivity contribution in [2.24, 2.45) is 0 Å². The largest absolute Gasteiger partial charge is 0.340 e. The second kappa shape index (κ2) is 9.45. The zero-order valence-electron chi connectivity index (χ0n) is 18.2. The molecule has 0 radical (unpaired) electrons. The second-order valence-electron chi connectivity index (χ2n) is 8.16. The molecule has 1 N–H and O–H groups in total. The van der Waals surface area contributed by atoms with Crippen LogP contribution in [0.5, 0.6) is 0 Å². The van der Waals surface area contributed by atoms with E-state index in [1.165, 1.54) is 27.8 Å². The highest BCUT2D eigenvalue weighted by Crippen LogP contribution is 2.48. The van der Waals surface area contributed by atoms with Crippen LogP contribution in [0.25, 0.3) is 0 Å². The van der Waals surface area contributed by atoms with Gasteiger partial charge in [0.15, 0.2) is 5.78 Å². The number of benzene rings is 2. The van der Waals surface area contributed by atoms with Gasteiger partial charge < -0.3 is 5.32 Å². The number of nitrogens with zero attached hydrogens (tertiary/aromatic N) is 2. The van der Waals surface area contributed by atoms with Crippen molar-refractivity contribution in [3.63, 3.8) is 0 Å². The van der Waals surface area contributed by atoms with E-state index in [4.69, 9.17) is 16.6 Å². The molecule has 176 valence electrons. The highest BCUT2D eigenvalue weighted by molar-refractivity contribution is 7.78. The number of anilines is 2. The van der Waals surface area contributed by atoms with Crippen LogP contribution in [0.15, 0.2) is 83.6 Å². The first kappa shape index (κ1) is 23.5. The molecule has 0 saturated carbocycles. The quantitative estimate of drug-likeness (QED) is 0.236. The van der Waals surface area contributed by atoms with Gasteiger partial charge in [-0.15, -0.1) is 0 Å². The minimum Gasteiger partial charge on any atom is -0.340 e. The molecule has 0 bridgehead atoms. The van der Waals surface area contributed by atoms with E-state index in [0.717, 1.165) is 5.56 Å². The summed E-state index contributed by atoms with van der Waals surface area (Å²) in [7, 11) is 0. The SMILES string of the molecule is O=C1CC(c2ccsc2)(c2cccc(Nc3ccc(F)cc3)n2)N(S)C(=O)C1c1ccccc1Cl. The summed E-state index contributed by atoms with van der Waals surface area (Å²) in [6, 6.07) is 19.9. The van der Waals surface area contributed by atoms with Crippen LogP contribution in [0.3, 0.4) is 0 Å². The summed E-state index contributed by atoms with van der Waals surface area (Å²) in [5, 5.41) is 7.27. The normalized spacial score (nSPS) is 20.2. The number of hydrogen-bond acceptors (Lipinski definition) is 6. The number of ketones is 1. The second-order valence-corrected chi connectivity index (χ2v) is 9.75. The average Bonchev–Trinajstić information content (AvgIpc) is 3.40. The molecule has 1 saturated heterocycles. The van der Waals surface area contributed by atoms with E-state index in [9.17, 15) is 14.0 Å². The number of pyridine rings is 1. The van der Waals surface area contributed by atoms with Crippen molar-refractivity contribution in [2.45, 2.75) is 17.9 Å². The summed E-state index contributed by atoms with van der Waals surface area (Å²) in [5.41, 5.74) is 1.12. The number of rotatable bonds is 5. The molecule has 1 fully saturated rings. The topological polar surface area (TPSA) is 62.3 Å². The minimum atomic E-state index is -1.21. The number of carbonyl (C=O) groups is 2. The fourth-order valence-corrected chi connectivity index (χ4v) is 5.75. The van der Waals surface area contributed by atoms with E-state index < -0.39 is 17.4 Å². The molecule has 1 aliphatic heterocycles. The average molecular weight is 524 g/mol. The number of carbonyl (C=O) groups excluding carboxylic acids is 2. The van der Waals surface area contributed by atoms with E-state index in [1.54, 1.807) is 54.6 Å². The molecule has 0 aliphatic carbocycles. The van der Waals surface area contributed by atoms with E-state index in [-0.39, 0.29) is 18.0 Å². The van der Waals surface area contributed by atoms with Gasteiger partial charge in [-0.1, -0.05) is 48.7 Å². The van der Waals surface area contributed by atoms with Crippen molar-refractivity contribution >= 4 is 58.9 Å². The number of halogens is 2. The van der Waals surface area contributed by atoms with Crippen molar-refractivity contribution in [2.75, 3.05) is 5.32 Å². The molecule has 2 aromatic heterocycles. The third kappa shape index (κ3) is 4.22. The van der Waals surface area contributed by atoms with Gasteiger partial charge in [0.1, 0.15) is 23.1 Å². The van der Waals surface area contributed by atoms with E-state index in [2.05, 4.69) is 18.1 Å². The Labute approximate surface area is 216 Å². The van der Waals surface area contributed by atoms with Crippen LogP contribution in [0.1, 0.15) is 29.2 Å². The smallest absolute Gasteiger partial charge is 0.248 e. The standard InChI is InChI=1S/C26H19ClFN3O2S2/c27-20-5-2-1-4-19(20)24-21(32)14-26(31(34)25(24)33,16-12-13-35-15-16)22-6-3-7-23(30-22)29-18-10-8-17(28)9-11-18/h1-13,15,24,34H,14H2,(H,29,30). The Kier molecular flexibility index (Phi) is 6.35. The van der Waals surface area contributed by atoms with Crippen LogP contribution in [-0.4, -0.2) is 21.0 Å². The molecule has 35 heavy (non-hydrogen) atoms. The van der Waals surface area contributed by atoms with Crippen LogP contribution in [0.4, 0.5) is 15.9 Å². The first-order valence-corrected chi connectivity index (χ1v) is 12.4. The zero-order valence-corrected chi connectivity index (χ0v) is 20.7. The van der Waals surface area contributed by atoms with Crippen LogP contribution < -0.4 is 5.32 Å². The molecular formula is C26H19ClFN3O2S2. The Bertz CT molecular complexity index is 1400. The number of Topliss-reactive ketones (excluding diaryl/α,β-unsaturated/α-hetero) is 1. The number of aromatic nitrogens is 1. The number of thiophene rings is 1. The van der Waals surface area contributed by atoms with Gasteiger partial charge >= 0.3 is 0 Å². The molecule has 4 aromatic rings. The maximum absolute atomic E-state index is 13.7. The molecule has 2 atom stereocenters. The van der Waals surface area contributed by atoms with Crippen molar-refractivity contribution in [1.82, 2.24) is 9.29 Å². The third-order valence-electron chi connectivity index (χ3n) is 6.07. The Hall–Kier alpha value is -3.20. The summed E-state index contributed by atoms with van der Waals surface area (Å²) in [5.74, 6) is -1.64. The van der Waals surface area contributed by atoms with Gasteiger partial charge in [0.2, 0.25) is 5.91 Å². The summed E-state index contributed by atoms with van der Waals surface area (Å²) in [6.45, 7) is 0. The lowest BCUT2D eigenvalue weighted by Gasteiger charge is -2.45. The van der Waals surface area contributed by atoms with Gasteiger partial charge in [-0.05, 0) is 70.4 Å².